The Morgan fingerprint density at radius 2 is 1.14 bits per heavy atom. The number of hydrogen-bond acceptors (Lipinski definition) is 2. The van der Waals surface area contributed by atoms with Crippen LogP contribution in [0.3, 0.4) is 0 Å². The first-order chi connectivity index (χ1) is 3.00. The van der Waals surface area contributed by atoms with E-state index in [1.165, 1.54) is 0 Å². The number of hydrogen-bond donors (Lipinski definition) is 4. The summed E-state index contributed by atoms with van der Waals surface area (Å²) in [5.41, 5.74) is 0. The van der Waals surface area contributed by atoms with Crippen molar-refractivity contribution in [2.45, 2.75) is 0 Å². The van der Waals surface area contributed by atoms with Crippen molar-refractivity contribution in [2.24, 2.45) is 0 Å². The summed E-state index contributed by atoms with van der Waals surface area (Å²) in [7, 11) is -1.14. The van der Waals surface area contributed by atoms with E-state index in [1.807, 2.05) is 0 Å². The van der Waals surface area contributed by atoms with Gasteiger partial charge in [-0.1, -0.05) is 0 Å². The van der Waals surface area contributed by atoms with E-state index in [-0.39, 0.29) is 0 Å². The third-order valence-corrected chi connectivity index (χ3v) is 0. The number of rotatable bonds is 0. The van der Waals surface area contributed by atoms with Crippen molar-refractivity contribution in [3.8, 4) is 0 Å². The van der Waals surface area contributed by atoms with Gasteiger partial charge in [-0.15, -0.1) is 0 Å². The summed E-state index contributed by atoms with van der Waals surface area (Å²) in [5, 5.41) is 6.50. The van der Waals surface area contributed by atoms with Gasteiger partial charge < -0.3 is 19.8 Å². The van der Waals surface area contributed by atoms with Crippen LogP contribution in [0.2, 0.25) is 0 Å². The van der Waals surface area contributed by atoms with Crippen LogP contribution < -0.4 is 0 Å². The van der Waals surface area contributed by atoms with Gasteiger partial charge in [-0.2, -0.15) is 0 Å². The standard InChI is InChI=1S/CH2O.H3O4P/c1-2;1-5(2,3)4/h1-2H;(H3,1,2,3,4). The maximum absolute atomic E-state index is 8.88. The highest BCUT2D eigenvalue weighted by Crippen LogP contribution is 2.25. The van der Waals surface area contributed by atoms with Gasteiger partial charge in [0.2, 0.25) is 0 Å². The molecule has 0 spiro atoms. The predicted molar refractivity (Wildman–Crippen MR) is 20.5 cm³/mol. The molecule has 0 aromatic carbocycles. The lowest BCUT2D eigenvalue weighted by Gasteiger charge is -1.82. The first-order valence-electron chi connectivity index (χ1n) is 1.04. The van der Waals surface area contributed by atoms with E-state index in [1.54, 1.807) is 0 Å². The zero-order valence-corrected chi connectivity index (χ0v) is 4.12. The molecule has 2 radical (unpaired) electrons. The highest BCUT2D eigenvalue weighted by Gasteiger charge is 2.00. The van der Waals surface area contributed by atoms with Crippen LogP contribution in [-0.2, 0) is 4.57 Å². The molecule has 0 aliphatic heterocycles. The van der Waals surface area contributed by atoms with E-state index in [4.69, 9.17) is 24.4 Å². The Bertz CT molecular complexity index is 54.2. The molecule has 0 saturated carbocycles. The molecule has 0 bridgehead atoms. The molecule has 0 heterocycles. The zero-order chi connectivity index (χ0) is 6.50. The topological polar surface area (TPSA) is 98.0 Å². The van der Waals surface area contributed by atoms with Gasteiger partial charge in [0, 0.05) is 0 Å². The van der Waals surface area contributed by atoms with E-state index >= 15 is 0 Å². The van der Waals surface area contributed by atoms with Crippen LogP contribution in [-0.4, -0.2) is 19.8 Å². The lowest BCUT2D eigenvalue weighted by Crippen LogP contribution is -1.66. The van der Waals surface area contributed by atoms with Crippen LogP contribution in [0, 0.1) is 7.11 Å². The largest absolute Gasteiger partial charge is 0.466 e. The van der Waals surface area contributed by atoms with E-state index < -0.39 is 7.82 Å². The average molecular weight is 128 g/mol. The molecule has 4 N–H and O–H groups in total. The molecule has 0 aromatic heterocycles. The predicted octanol–water partition coefficient (Wildman–Crippen LogP) is -0.901. The van der Waals surface area contributed by atoms with Crippen molar-refractivity contribution < 1.29 is 24.4 Å². The summed E-state index contributed by atoms with van der Waals surface area (Å²) < 4.78 is 8.88. The monoisotopic (exact) mass is 128 g/mol. The van der Waals surface area contributed by atoms with Crippen LogP contribution in [0.5, 0.6) is 0 Å². The summed E-state index contributed by atoms with van der Waals surface area (Å²) in [6.07, 6.45) is 0. The second kappa shape index (κ2) is 4.23. The smallest absolute Gasteiger partial charge is 0.387 e. The number of phosphoric acid groups is 1. The third-order valence-electron chi connectivity index (χ3n) is 0. The third kappa shape index (κ3) is 20500. The minimum absolute atomic E-state index is 3.50. The van der Waals surface area contributed by atoms with Crippen LogP contribution in [0.4, 0.5) is 0 Å². The van der Waals surface area contributed by atoms with Gasteiger partial charge in [0.15, 0.2) is 0 Å². The van der Waals surface area contributed by atoms with Crippen LogP contribution in [0.25, 0.3) is 0 Å². The zero-order valence-electron chi connectivity index (χ0n) is 3.22. The molecule has 6 heteroatoms. The number of aliphatic hydroxyl groups is 1. The molecule has 7 heavy (non-hydrogen) atoms. The molecule has 0 atom stereocenters. The molecule has 0 aromatic rings. The van der Waals surface area contributed by atoms with Gasteiger partial charge in [0.1, 0.15) is 7.11 Å². The average Bonchev–Trinajstić information content (AvgIpc) is 1.36. The summed E-state index contributed by atoms with van der Waals surface area (Å²) in [5.74, 6) is 0. The normalized spacial score (nSPS) is 9.29. The minimum Gasteiger partial charge on any atom is -0.387 e. The van der Waals surface area contributed by atoms with Crippen LogP contribution >= 0.6 is 7.82 Å². The Morgan fingerprint density at radius 1 is 1.14 bits per heavy atom. The van der Waals surface area contributed by atoms with Gasteiger partial charge in [0.25, 0.3) is 0 Å². The SMILES string of the molecule is O=P(O)(O)O.[CH]O. The molecule has 0 saturated heterocycles. The Kier molecular flexibility index (Phi) is 6.13. The fraction of sp³-hybridized carbons (Fsp3) is 0. The molecule has 44 valence electrons. The molecular formula is CH5O5P. The molecule has 0 aliphatic rings. The fourth-order valence-corrected chi connectivity index (χ4v) is 0. The van der Waals surface area contributed by atoms with Gasteiger partial charge >= 0.3 is 7.82 Å². The fourth-order valence-electron chi connectivity index (χ4n) is 0. The van der Waals surface area contributed by atoms with E-state index in [0.717, 1.165) is 0 Å². The van der Waals surface area contributed by atoms with Crippen molar-refractivity contribution >= 4 is 7.82 Å². The molecule has 0 aliphatic carbocycles. The minimum atomic E-state index is -4.64. The lowest BCUT2D eigenvalue weighted by atomic mass is 11.8. The maximum Gasteiger partial charge on any atom is 0.466 e. The Hall–Kier alpha value is 0.0700. The second-order valence-corrected chi connectivity index (χ2v) is 1.54. The van der Waals surface area contributed by atoms with Gasteiger partial charge in [-0.05, 0) is 0 Å². The molecular weight excluding hydrogens is 123 g/mol. The van der Waals surface area contributed by atoms with Crippen LogP contribution in [0.1, 0.15) is 0 Å². The van der Waals surface area contributed by atoms with E-state index in [2.05, 4.69) is 7.11 Å². The van der Waals surface area contributed by atoms with E-state index in [0.29, 0.717) is 0 Å². The molecule has 0 rings (SSSR count). The maximum atomic E-state index is 8.88. The molecule has 0 amide bonds. The van der Waals surface area contributed by atoms with Crippen LogP contribution in [0.15, 0.2) is 0 Å². The van der Waals surface area contributed by atoms with Crippen molar-refractivity contribution in [3.63, 3.8) is 0 Å². The first-order valence-corrected chi connectivity index (χ1v) is 2.61. The molecule has 0 unspecified atom stereocenters. The van der Waals surface area contributed by atoms with Gasteiger partial charge in [-0.25, -0.2) is 4.57 Å². The van der Waals surface area contributed by atoms with Crippen molar-refractivity contribution in [2.75, 3.05) is 0 Å². The van der Waals surface area contributed by atoms with Crippen molar-refractivity contribution in [3.05, 3.63) is 7.11 Å². The number of aliphatic hydroxyl groups excluding tert-OH is 1. The van der Waals surface area contributed by atoms with E-state index in [9.17, 15) is 0 Å². The summed E-state index contributed by atoms with van der Waals surface area (Å²) in [4.78, 5) is 21.6. The highest BCUT2D eigenvalue weighted by molar-refractivity contribution is 7.45. The summed E-state index contributed by atoms with van der Waals surface area (Å²) in [6.45, 7) is 0. The van der Waals surface area contributed by atoms with Gasteiger partial charge in [-0.3, -0.25) is 0 Å². The second-order valence-electron chi connectivity index (χ2n) is 0.513. The Labute approximate surface area is 40.5 Å². The first kappa shape index (κ1) is 10.1. The molecule has 0 fully saturated rings. The van der Waals surface area contributed by atoms with Crippen molar-refractivity contribution in [1.29, 1.82) is 0 Å². The van der Waals surface area contributed by atoms with Gasteiger partial charge in [0.05, 0.1) is 0 Å². The Morgan fingerprint density at radius 3 is 1.14 bits per heavy atom. The lowest BCUT2D eigenvalue weighted by molar-refractivity contribution is 0.275. The molecule has 5 nitrogen and oxygen atoms in total. The quantitative estimate of drug-likeness (QED) is 0.317. The summed E-state index contributed by atoms with van der Waals surface area (Å²) >= 11 is 0. The Balaban J connectivity index is 0. The van der Waals surface area contributed by atoms with Crippen molar-refractivity contribution in [1.82, 2.24) is 0 Å². The summed E-state index contributed by atoms with van der Waals surface area (Å²) in [6, 6.07) is 0. The highest BCUT2D eigenvalue weighted by atomic mass is 31.2.